The third-order valence-corrected chi connectivity index (χ3v) is 3.83. The van der Waals surface area contributed by atoms with E-state index in [0.717, 1.165) is 31.9 Å². The van der Waals surface area contributed by atoms with Crippen LogP contribution < -0.4 is 5.32 Å². The lowest BCUT2D eigenvalue weighted by atomic mass is 9.90. The molecule has 0 heterocycles. The maximum atomic E-state index is 14.0. The first-order valence-corrected chi connectivity index (χ1v) is 7.22. The van der Waals surface area contributed by atoms with Gasteiger partial charge in [0.15, 0.2) is 0 Å². The Morgan fingerprint density at radius 1 is 1.05 bits per heavy atom. The largest absolute Gasteiger partial charge is 0.310 e. The minimum atomic E-state index is -0.473. The predicted octanol–water partition coefficient (Wildman–Crippen LogP) is 4.75. The van der Waals surface area contributed by atoms with Crippen LogP contribution in [0.4, 0.5) is 8.78 Å². The van der Waals surface area contributed by atoms with Gasteiger partial charge in [0.05, 0.1) is 0 Å². The van der Waals surface area contributed by atoms with E-state index in [1.54, 1.807) is 13.0 Å². The molecule has 1 unspecified atom stereocenters. The van der Waals surface area contributed by atoms with Crippen LogP contribution in [0, 0.1) is 24.5 Å². The van der Waals surface area contributed by atoms with Crippen LogP contribution in [0.15, 0.2) is 12.1 Å². The van der Waals surface area contributed by atoms with Gasteiger partial charge in [-0.3, -0.25) is 0 Å². The summed E-state index contributed by atoms with van der Waals surface area (Å²) in [7, 11) is 0. The van der Waals surface area contributed by atoms with Gasteiger partial charge in [-0.1, -0.05) is 33.6 Å². The first kappa shape index (κ1) is 16.1. The van der Waals surface area contributed by atoms with Crippen molar-refractivity contribution >= 4 is 0 Å². The lowest BCUT2D eigenvalue weighted by molar-refractivity contribution is 0.367. The lowest BCUT2D eigenvalue weighted by Crippen LogP contribution is -2.24. The summed E-state index contributed by atoms with van der Waals surface area (Å²) in [6.45, 7) is 8.78. The number of halogens is 2. The van der Waals surface area contributed by atoms with Crippen LogP contribution in [-0.4, -0.2) is 6.54 Å². The minimum Gasteiger partial charge on any atom is -0.310 e. The van der Waals surface area contributed by atoms with Crippen molar-refractivity contribution in [3.05, 3.63) is 34.9 Å². The van der Waals surface area contributed by atoms with Crippen molar-refractivity contribution < 1.29 is 8.78 Å². The van der Waals surface area contributed by atoms with E-state index in [9.17, 15) is 8.78 Å². The second-order valence-corrected chi connectivity index (χ2v) is 5.15. The van der Waals surface area contributed by atoms with E-state index >= 15 is 0 Å². The standard InChI is InChI=1S/C16H25F2N/c1-5-12(6-2)9-16(19-7-3)13-8-11(4)14(17)10-15(13)18/h8,10,12,16,19H,5-7,9H2,1-4H3. The van der Waals surface area contributed by atoms with Crippen LogP contribution in [-0.2, 0) is 0 Å². The smallest absolute Gasteiger partial charge is 0.130 e. The fourth-order valence-electron chi connectivity index (χ4n) is 2.47. The molecule has 1 aromatic rings. The molecule has 1 nitrogen and oxygen atoms in total. The van der Waals surface area contributed by atoms with Gasteiger partial charge in [-0.15, -0.1) is 0 Å². The van der Waals surface area contributed by atoms with Crippen molar-refractivity contribution in [1.82, 2.24) is 5.32 Å². The highest BCUT2D eigenvalue weighted by molar-refractivity contribution is 5.28. The third-order valence-electron chi connectivity index (χ3n) is 3.83. The molecule has 0 aliphatic heterocycles. The van der Waals surface area contributed by atoms with Crippen LogP contribution in [0.5, 0.6) is 0 Å². The number of aryl methyl sites for hydroxylation is 1. The quantitative estimate of drug-likeness (QED) is 0.753. The Bertz CT molecular complexity index is 400. The topological polar surface area (TPSA) is 12.0 Å². The fourth-order valence-corrected chi connectivity index (χ4v) is 2.47. The second-order valence-electron chi connectivity index (χ2n) is 5.15. The molecule has 0 saturated heterocycles. The zero-order valence-electron chi connectivity index (χ0n) is 12.4. The molecule has 0 aliphatic rings. The van der Waals surface area contributed by atoms with Gasteiger partial charge in [-0.25, -0.2) is 8.78 Å². The van der Waals surface area contributed by atoms with Gasteiger partial charge < -0.3 is 5.32 Å². The molecule has 0 aliphatic carbocycles. The van der Waals surface area contributed by atoms with Gasteiger partial charge in [0.1, 0.15) is 11.6 Å². The molecule has 19 heavy (non-hydrogen) atoms. The molecule has 1 atom stereocenters. The summed E-state index contributed by atoms with van der Waals surface area (Å²) in [4.78, 5) is 0. The zero-order chi connectivity index (χ0) is 14.4. The molecule has 0 radical (unpaired) electrons. The molecular formula is C16H25F2N. The van der Waals surface area contributed by atoms with Crippen molar-refractivity contribution in [2.75, 3.05) is 6.54 Å². The van der Waals surface area contributed by atoms with Crippen LogP contribution in [0.2, 0.25) is 0 Å². The first-order valence-electron chi connectivity index (χ1n) is 7.22. The van der Waals surface area contributed by atoms with E-state index in [-0.39, 0.29) is 6.04 Å². The van der Waals surface area contributed by atoms with Crippen LogP contribution >= 0.6 is 0 Å². The summed E-state index contributed by atoms with van der Waals surface area (Å²) in [5.41, 5.74) is 1.09. The average molecular weight is 269 g/mol. The molecule has 3 heteroatoms. The molecule has 1 N–H and O–H groups in total. The number of nitrogens with one attached hydrogen (secondary N) is 1. The summed E-state index contributed by atoms with van der Waals surface area (Å²) in [5, 5.41) is 3.32. The van der Waals surface area contributed by atoms with E-state index in [0.29, 0.717) is 17.0 Å². The summed E-state index contributed by atoms with van der Waals surface area (Å²) in [6, 6.07) is 2.61. The molecular weight excluding hydrogens is 244 g/mol. The van der Waals surface area contributed by atoms with Crippen molar-refractivity contribution in [2.24, 2.45) is 5.92 Å². The van der Waals surface area contributed by atoms with E-state index in [1.165, 1.54) is 0 Å². The number of benzene rings is 1. The molecule has 108 valence electrons. The monoisotopic (exact) mass is 269 g/mol. The molecule has 0 aromatic heterocycles. The van der Waals surface area contributed by atoms with Crippen molar-refractivity contribution in [2.45, 2.75) is 53.0 Å². The molecule has 0 spiro atoms. The van der Waals surface area contributed by atoms with Crippen molar-refractivity contribution in [3.63, 3.8) is 0 Å². The second kappa shape index (κ2) is 7.59. The normalized spacial score (nSPS) is 13.0. The lowest BCUT2D eigenvalue weighted by Gasteiger charge is -2.24. The van der Waals surface area contributed by atoms with E-state index in [4.69, 9.17) is 0 Å². The summed E-state index contributed by atoms with van der Waals surface area (Å²) in [6.07, 6.45) is 3.06. The zero-order valence-corrected chi connectivity index (χ0v) is 12.4. The first-order chi connectivity index (χ1) is 9.03. The number of hydrogen-bond acceptors (Lipinski definition) is 1. The molecule has 0 amide bonds. The molecule has 1 aromatic carbocycles. The highest BCUT2D eigenvalue weighted by Crippen LogP contribution is 2.28. The van der Waals surface area contributed by atoms with Gasteiger partial charge in [0.2, 0.25) is 0 Å². The maximum absolute atomic E-state index is 14.0. The Kier molecular flexibility index (Phi) is 6.43. The summed E-state index contributed by atoms with van der Waals surface area (Å²) >= 11 is 0. The van der Waals surface area contributed by atoms with E-state index < -0.39 is 11.6 Å². The van der Waals surface area contributed by atoms with Gasteiger partial charge in [0, 0.05) is 17.7 Å². The molecule has 1 rings (SSSR count). The summed E-state index contributed by atoms with van der Waals surface area (Å²) in [5.74, 6) is -0.354. The highest BCUT2D eigenvalue weighted by atomic mass is 19.1. The number of hydrogen-bond donors (Lipinski definition) is 1. The van der Waals surface area contributed by atoms with E-state index in [1.807, 2.05) is 6.92 Å². The van der Waals surface area contributed by atoms with Gasteiger partial charge in [-0.05, 0) is 37.4 Å². The SMILES string of the molecule is CCNC(CC(CC)CC)c1cc(C)c(F)cc1F. The highest BCUT2D eigenvalue weighted by Gasteiger charge is 2.19. The molecule has 0 bridgehead atoms. The number of rotatable bonds is 7. The van der Waals surface area contributed by atoms with Crippen LogP contribution in [0.3, 0.4) is 0 Å². The Morgan fingerprint density at radius 3 is 2.21 bits per heavy atom. The van der Waals surface area contributed by atoms with Crippen molar-refractivity contribution in [3.8, 4) is 0 Å². The van der Waals surface area contributed by atoms with Crippen LogP contribution in [0.25, 0.3) is 0 Å². The van der Waals surface area contributed by atoms with Gasteiger partial charge in [0.25, 0.3) is 0 Å². The average Bonchev–Trinajstić information content (AvgIpc) is 2.39. The van der Waals surface area contributed by atoms with Gasteiger partial charge >= 0.3 is 0 Å². The molecule has 0 saturated carbocycles. The summed E-state index contributed by atoms with van der Waals surface area (Å²) < 4.78 is 27.3. The Balaban J connectivity index is 3.01. The fraction of sp³-hybridized carbons (Fsp3) is 0.625. The Hall–Kier alpha value is -0.960. The predicted molar refractivity (Wildman–Crippen MR) is 76.2 cm³/mol. The third kappa shape index (κ3) is 4.27. The maximum Gasteiger partial charge on any atom is 0.130 e. The Morgan fingerprint density at radius 2 is 1.68 bits per heavy atom. The Labute approximate surface area is 115 Å². The minimum absolute atomic E-state index is 0.0331. The van der Waals surface area contributed by atoms with Gasteiger partial charge in [-0.2, -0.15) is 0 Å². The van der Waals surface area contributed by atoms with Crippen LogP contribution in [0.1, 0.15) is 57.2 Å². The van der Waals surface area contributed by atoms with E-state index in [2.05, 4.69) is 19.2 Å². The van der Waals surface area contributed by atoms with Crippen molar-refractivity contribution in [1.29, 1.82) is 0 Å². The molecule has 0 fully saturated rings.